The van der Waals surface area contributed by atoms with Crippen LogP contribution < -0.4 is 0 Å². The molecule has 102 valence electrons. The molecule has 0 aromatic heterocycles. The van der Waals surface area contributed by atoms with Crippen molar-refractivity contribution in [3.63, 3.8) is 0 Å². The van der Waals surface area contributed by atoms with Gasteiger partial charge in [0, 0.05) is 18.3 Å². The van der Waals surface area contributed by atoms with Crippen molar-refractivity contribution in [2.45, 2.75) is 0 Å². The molecule has 0 saturated carbocycles. The van der Waals surface area contributed by atoms with Crippen LogP contribution in [0.3, 0.4) is 0 Å². The highest BCUT2D eigenvalue weighted by atomic mass is 16.6. The second-order valence-corrected chi connectivity index (χ2v) is 4.64. The predicted octanol–water partition coefficient (Wildman–Crippen LogP) is 4.50. The first kappa shape index (κ1) is 13.0. The fraction of sp³-hybridized carbons (Fsp3) is 0. The van der Waals surface area contributed by atoms with Gasteiger partial charge in [0.2, 0.25) is 0 Å². The van der Waals surface area contributed by atoms with Gasteiger partial charge in [-0.05, 0) is 34.5 Å². The quantitative estimate of drug-likeness (QED) is 0.402. The fourth-order valence-electron chi connectivity index (χ4n) is 2.10. The van der Waals surface area contributed by atoms with Crippen LogP contribution in [0.1, 0.15) is 5.56 Å². The summed E-state index contributed by atoms with van der Waals surface area (Å²) in [5, 5.41) is 12.9. The summed E-state index contributed by atoms with van der Waals surface area (Å²) >= 11 is 0. The molecule has 0 aliphatic heterocycles. The maximum atomic E-state index is 10.6. The Kier molecular flexibility index (Phi) is 3.43. The molecule has 0 spiro atoms. The molecular formula is C17H12N2O2. The van der Waals surface area contributed by atoms with E-state index in [9.17, 15) is 10.1 Å². The van der Waals surface area contributed by atoms with Crippen molar-refractivity contribution in [3.05, 3.63) is 82.4 Å². The number of non-ortho nitro benzene ring substituents is 1. The Hall–Kier alpha value is -3.01. The Morgan fingerprint density at radius 3 is 2.33 bits per heavy atom. The van der Waals surface area contributed by atoms with Crippen LogP contribution in [0, 0.1) is 10.1 Å². The lowest BCUT2D eigenvalue weighted by molar-refractivity contribution is -0.384. The molecule has 0 saturated heterocycles. The summed E-state index contributed by atoms with van der Waals surface area (Å²) in [7, 11) is 0. The fourth-order valence-corrected chi connectivity index (χ4v) is 2.10. The highest BCUT2D eigenvalue weighted by Gasteiger charge is 2.02. The van der Waals surface area contributed by atoms with E-state index in [4.69, 9.17) is 0 Å². The molecule has 3 rings (SSSR count). The van der Waals surface area contributed by atoms with Crippen molar-refractivity contribution >= 4 is 28.4 Å². The number of nitro benzene ring substituents is 1. The molecule has 4 heteroatoms. The molecule has 0 N–H and O–H groups in total. The SMILES string of the molecule is O=[N+]([O-])c1ccc(N=Cc2ccc3ccccc3c2)cc1. The molecule has 3 aromatic carbocycles. The first-order chi connectivity index (χ1) is 10.2. The normalized spacial score (nSPS) is 11.0. The van der Waals surface area contributed by atoms with E-state index in [1.165, 1.54) is 17.5 Å². The van der Waals surface area contributed by atoms with Gasteiger partial charge in [0.25, 0.3) is 5.69 Å². The molecule has 0 unspecified atom stereocenters. The molecule has 4 nitrogen and oxygen atoms in total. The largest absolute Gasteiger partial charge is 0.269 e. The summed E-state index contributed by atoms with van der Waals surface area (Å²) in [6.45, 7) is 0. The molecule has 0 atom stereocenters. The van der Waals surface area contributed by atoms with Gasteiger partial charge in [0.05, 0.1) is 10.6 Å². The number of fused-ring (bicyclic) bond motifs is 1. The van der Waals surface area contributed by atoms with E-state index in [2.05, 4.69) is 23.2 Å². The highest BCUT2D eigenvalue weighted by molar-refractivity contribution is 5.91. The van der Waals surface area contributed by atoms with Gasteiger partial charge in [-0.1, -0.05) is 36.4 Å². The number of rotatable bonds is 3. The van der Waals surface area contributed by atoms with Crippen LogP contribution in [-0.4, -0.2) is 11.1 Å². The van der Waals surface area contributed by atoms with Gasteiger partial charge >= 0.3 is 0 Å². The van der Waals surface area contributed by atoms with Crippen molar-refractivity contribution < 1.29 is 4.92 Å². The minimum atomic E-state index is -0.420. The van der Waals surface area contributed by atoms with Crippen LogP contribution in [0.15, 0.2) is 71.7 Å². The molecule has 0 heterocycles. The van der Waals surface area contributed by atoms with Gasteiger partial charge in [-0.3, -0.25) is 15.1 Å². The zero-order valence-electron chi connectivity index (χ0n) is 11.1. The smallest absolute Gasteiger partial charge is 0.258 e. The van der Waals surface area contributed by atoms with E-state index < -0.39 is 4.92 Å². The lowest BCUT2D eigenvalue weighted by Gasteiger charge is -1.99. The Morgan fingerprint density at radius 1 is 0.905 bits per heavy atom. The predicted molar refractivity (Wildman–Crippen MR) is 84.3 cm³/mol. The third-order valence-corrected chi connectivity index (χ3v) is 3.20. The third-order valence-electron chi connectivity index (χ3n) is 3.20. The van der Waals surface area contributed by atoms with Gasteiger partial charge in [-0.25, -0.2) is 0 Å². The molecule has 0 fully saturated rings. The number of hydrogen-bond acceptors (Lipinski definition) is 3. The summed E-state index contributed by atoms with van der Waals surface area (Å²) in [5.74, 6) is 0. The van der Waals surface area contributed by atoms with Crippen LogP contribution in [0.25, 0.3) is 10.8 Å². The van der Waals surface area contributed by atoms with Crippen molar-refractivity contribution in [2.75, 3.05) is 0 Å². The van der Waals surface area contributed by atoms with E-state index in [1.54, 1.807) is 18.3 Å². The number of nitro groups is 1. The molecule has 0 amide bonds. The zero-order chi connectivity index (χ0) is 14.7. The summed E-state index contributed by atoms with van der Waals surface area (Å²) in [6.07, 6.45) is 1.76. The summed E-state index contributed by atoms with van der Waals surface area (Å²) in [5.41, 5.74) is 1.75. The maximum Gasteiger partial charge on any atom is 0.269 e. The van der Waals surface area contributed by atoms with Gasteiger partial charge in [0.1, 0.15) is 0 Å². The minimum Gasteiger partial charge on any atom is -0.258 e. The van der Waals surface area contributed by atoms with Crippen LogP contribution in [0.2, 0.25) is 0 Å². The van der Waals surface area contributed by atoms with Crippen LogP contribution >= 0.6 is 0 Å². The Bertz CT molecular complexity index is 824. The Labute approximate surface area is 121 Å². The van der Waals surface area contributed by atoms with Gasteiger partial charge in [-0.2, -0.15) is 0 Å². The van der Waals surface area contributed by atoms with Gasteiger partial charge in [-0.15, -0.1) is 0 Å². The van der Waals surface area contributed by atoms with Crippen LogP contribution in [0.5, 0.6) is 0 Å². The number of nitrogens with zero attached hydrogens (tertiary/aromatic N) is 2. The summed E-state index contributed by atoms with van der Waals surface area (Å²) in [6, 6.07) is 20.4. The molecule has 0 aliphatic rings. The number of benzene rings is 3. The number of aliphatic imine (C=N–C) groups is 1. The van der Waals surface area contributed by atoms with E-state index in [-0.39, 0.29) is 5.69 Å². The van der Waals surface area contributed by atoms with E-state index in [0.29, 0.717) is 5.69 Å². The topological polar surface area (TPSA) is 55.5 Å². The van der Waals surface area contributed by atoms with Gasteiger partial charge < -0.3 is 0 Å². The molecule has 3 aromatic rings. The first-order valence-electron chi connectivity index (χ1n) is 6.50. The van der Waals surface area contributed by atoms with E-state index in [0.717, 1.165) is 10.9 Å². The average molecular weight is 276 g/mol. The Morgan fingerprint density at radius 2 is 1.62 bits per heavy atom. The maximum absolute atomic E-state index is 10.6. The lowest BCUT2D eigenvalue weighted by atomic mass is 10.1. The molecule has 0 radical (unpaired) electrons. The average Bonchev–Trinajstić information content (AvgIpc) is 2.53. The molecule has 0 aliphatic carbocycles. The van der Waals surface area contributed by atoms with Crippen molar-refractivity contribution in [2.24, 2.45) is 4.99 Å². The molecule has 0 bridgehead atoms. The van der Waals surface area contributed by atoms with E-state index >= 15 is 0 Å². The number of hydrogen-bond donors (Lipinski definition) is 0. The summed E-state index contributed by atoms with van der Waals surface area (Å²) in [4.78, 5) is 14.5. The van der Waals surface area contributed by atoms with Crippen LogP contribution in [-0.2, 0) is 0 Å². The summed E-state index contributed by atoms with van der Waals surface area (Å²) < 4.78 is 0. The minimum absolute atomic E-state index is 0.0691. The third kappa shape index (κ3) is 2.95. The van der Waals surface area contributed by atoms with Crippen molar-refractivity contribution in [3.8, 4) is 0 Å². The van der Waals surface area contributed by atoms with Gasteiger partial charge in [0.15, 0.2) is 0 Å². The second kappa shape index (κ2) is 5.54. The second-order valence-electron chi connectivity index (χ2n) is 4.64. The standard InChI is InChI=1S/C17H12N2O2/c20-19(21)17-9-7-16(8-10-17)18-12-13-5-6-14-3-1-2-4-15(14)11-13/h1-12H. The van der Waals surface area contributed by atoms with E-state index in [1.807, 2.05) is 24.3 Å². The highest BCUT2D eigenvalue weighted by Crippen LogP contribution is 2.19. The monoisotopic (exact) mass is 276 g/mol. The van der Waals surface area contributed by atoms with Crippen molar-refractivity contribution in [1.82, 2.24) is 0 Å². The molecule has 21 heavy (non-hydrogen) atoms. The first-order valence-corrected chi connectivity index (χ1v) is 6.50. The van der Waals surface area contributed by atoms with Crippen LogP contribution in [0.4, 0.5) is 11.4 Å². The Balaban J connectivity index is 1.85. The molecular weight excluding hydrogens is 264 g/mol. The zero-order valence-corrected chi connectivity index (χ0v) is 11.1. The van der Waals surface area contributed by atoms with Crippen molar-refractivity contribution in [1.29, 1.82) is 0 Å². The lowest BCUT2D eigenvalue weighted by Crippen LogP contribution is -1.86.